The lowest BCUT2D eigenvalue weighted by atomic mass is 10.3. The third kappa shape index (κ3) is 4.91. The van der Waals surface area contributed by atoms with Crippen molar-refractivity contribution in [2.75, 3.05) is 18.5 Å². The van der Waals surface area contributed by atoms with Crippen LogP contribution in [0.1, 0.15) is 13.8 Å². The van der Waals surface area contributed by atoms with Gasteiger partial charge in [0.2, 0.25) is 5.91 Å². The van der Waals surface area contributed by atoms with Crippen molar-refractivity contribution in [2.24, 2.45) is 0 Å². The molecule has 0 saturated carbocycles. The quantitative estimate of drug-likeness (QED) is 0.727. The molecule has 4 heteroatoms. The van der Waals surface area contributed by atoms with Crippen LogP contribution in [-0.4, -0.2) is 25.1 Å². The molecule has 4 nitrogen and oxygen atoms in total. The number of rotatable bonds is 7. The summed E-state index contributed by atoms with van der Waals surface area (Å²) in [7, 11) is 0. The fourth-order valence-corrected chi connectivity index (χ4v) is 1.44. The number of hydrogen-bond donors (Lipinski definition) is 2. The molecule has 98 valence electrons. The summed E-state index contributed by atoms with van der Waals surface area (Å²) in [6.07, 6.45) is 1.68. The van der Waals surface area contributed by atoms with Gasteiger partial charge in [-0.1, -0.05) is 24.8 Å². The Hall–Kier alpha value is -1.97. The number of ether oxygens (including phenoxy) is 1. The summed E-state index contributed by atoms with van der Waals surface area (Å²) in [5, 5.41) is 5.87. The molecule has 0 unspecified atom stereocenters. The maximum atomic E-state index is 11.5. The van der Waals surface area contributed by atoms with Crippen LogP contribution < -0.4 is 15.4 Å². The van der Waals surface area contributed by atoms with Crippen LogP contribution in [0.25, 0.3) is 0 Å². The number of hydrogen-bond acceptors (Lipinski definition) is 3. The van der Waals surface area contributed by atoms with Crippen molar-refractivity contribution in [2.45, 2.75) is 19.9 Å². The predicted molar refractivity (Wildman–Crippen MR) is 73.9 cm³/mol. The second-order valence-corrected chi connectivity index (χ2v) is 4.17. The Labute approximate surface area is 108 Å². The lowest BCUT2D eigenvalue weighted by molar-refractivity contribution is -0.119. The monoisotopic (exact) mass is 248 g/mol. The molecule has 0 atom stereocenters. The average Bonchev–Trinajstić information content (AvgIpc) is 2.34. The van der Waals surface area contributed by atoms with Crippen molar-refractivity contribution < 1.29 is 9.53 Å². The maximum Gasteiger partial charge on any atom is 0.239 e. The molecule has 0 aliphatic carbocycles. The third-order valence-electron chi connectivity index (χ3n) is 2.13. The normalized spacial score (nSPS) is 9.94. The van der Waals surface area contributed by atoms with E-state index < -0.39 is 0 Å². The van der Waals surface area contributed by atoms with Crippen molar-refractivity contribution in [3.63, 3.8) is 0 Å². The van der Waals surface area contributed by atoms with E-state index in [1.54, 1.807) is 6.08 Å². The molecule has 0 spiro atoms. The summed E-state index contributed by atoms with van der Waals surface area (Å²) >= 11 is 0. The summed E-state index contributed by atoms with van der Waals surface area (Å²) in [5.41, 5.74) is 0.804. The molecule has 18 heavy (non-hydrogen) atoms. The van der Waals surface area contributed by atoms with E-state index in [9.17, 15) is 4.79 Å². The van der Waals surface area contributed by atoms with Gasteiger partial charge in [-0.3, -0.25) is 4.79 Å². The zero-order chi connectivity index (χ0) is 13.4. The van der Waals surface area contributed by atoms with Crippen molar-refractivity contribution in [1.82, 2.24) is 5.32 Å². The fraction of sp³-hybridized carbons (Fsp3) is 0.357. The van der Waals surface area contributed by atoms with Crippen molar-refractivity contribution >= 4 is 11.6 Å². The molecule has 1 rings (SSSR count). The van der Waals surface area contributed by atoms with E-state index in [0.717, 1.165) is 11.4 Å². The van der Waals surface area contributed by atoms with E-state index in [2.05, 4.69) is 17.2 Å². The topological polar surface area (TPSA) is 50.4 Å². The molecule has 0 bridgehead atoms. The second-order valence-electron chi connectivity index (χ2n) is 4.17. The smallest absolute Gasteiger partial charge is 0.239 e. The standard InChI is InChI=1S/C14H20N2O2/c1-4-9-18-13-8-6-5-7-12(13)15-10-14(17)16-11(2)3/h4-8,11,15H,1,9-10H2,2-3H3,(H,16,17). The molecular formula is C14H20N2O2. The van der Waals surface area contributed by atoms with Crippen LogP contribution in [0.4, 0.5) is 5.69 Å². The highest BCUT2D eigenvalue weighted by Crippen LogP contribution is 2.23. The molecule has 0 aromatic heterocycles. The fourth-order valence-electron chi connectivity index (χ4n) is 1.44. The van der Waals surface area contributed by atoms with Crippen molar-refractivity contribution in [3.05, 3.63) is 36.9 Å². The van der Waals surface area contributed by atoms with Crippen LogP contribution in [-0.2, 0) is 4.79 Å². The number of carbonyl (C=O) groups excluding carboxylic acids is 1. The molecule has 1 aromatic carbocycles. The van der Waals surface area contributed by atoms with Gasteiger partial charge in [0.15, 0.2) is 0 Å². The molecule has 0 radical (unpaired) electrons. The number of amides is 1. The van der Waals surface area contributed by atoms with Gasteiger partial charge in [-0.25, -0.2) is 0 Å². The van der Waals surface area contributed by atoms with Gasteiger partial charge < -0.3 is 15.4 Å². The second kappa shape index (κ2) is 7.37. The van der Waals surface area contributed by atoms with E-state index in [4.69, 9.17) is 4.74 Å². The van der Waals surface area contributed by atoms with Gasteiger partial charge in [0.1, 0.15) is 12.4 Å². The molecule has 0 aliphatic heterocycles. The zero-order valence-electron chi connectivity index (χ0n) is 10.9. The Morgan fingerprint density at radius 1 is 1.44 bits per heavy atom. The summed E-state index contributed by atoms with van der Waals surface area (Å²) in [6, 6.07) is 7.65. The lowest BCUT2D eigenvalue weighted by Crippen LogP contribution is -2.34. The highest BCUT2D eigenvalue weighted by atomic mass is 16.5. The minimum absolute atomic E-state index is 0.0384. The van der Waals surface area contributed by atoms with Gasteiger partial charge in [0.05, 0.1) is 12.2 Å². The molecule has 1 aromatic rings. The summed E-state index contributed by atoms with van der Waals surface area (Å²) < 4.78 is 5.49. The van der Waals surface area contributed by atoms with Crippen LogP contribution in [0.15, 0.2) is 36.9 Å². The van der Waals surface area contributed by atoms with Crippen LogP contribution in [0.5, 0.6) is 5.75 Å². The highest BCUT2D eigenvalue weighted by molar-refractivity contribution is 5.81. The van der Waals surface area contributed by atoms with E-state index in [1.165, 1.54) is 0 Å². The molecule has 1 amide bonds. The van der Waals surface area contributed by atoms with E-state index in [1.807, 2.05) is 38.1 Å². The van der Waals surface area contributed by atoms with Gasteiger partial charge in [0.25, 0.3) is 0 Å². The van der Waals surface area contributed by atoms with Gasteiger partial charge in [-0.15, -0.1) is 0 Å². The van der Waals surface area contributed by atoms with Gasteiger partial charge in [-0.05, 0) is 26.0 Å². The lowest BCUT2D eigenvalue weighted by Gasteiger charge is -2.13. The maximum absolute atomic E-state index is 11.5. The zero-order valence-corrected chi connectivity index (χ0v) is 10.9. The first kappa shape index (κ1) is 14.1. The molecular weight excluding hydrogens is 228 g/mol. The third-order valence-corrected chi connectivity index (χ3v) is 2.13. The van der Waals surface area contributed by atoms with E-state index in [0.29, 0.717) is 6.61 Å². The molecule has 0 fully saturated rings. The van der Waals surface area contributed by atoms with Crippen LogP contribution in [0.2, 0.25) is 0 Å². The first-order valence-corrected chi connectivity index (χ1v) is 5.99. The van der Waals surface area contributed by atoms with Crippen LogP contribution in [0.3, 0.4) is 0 Å². The van der Waals surface area contributed by atoms with Crippen molar-refractivity contribution in [3.8, 4) is 5.75 Å². The molecule has 0 aliphatic rings. The summed E-state index contributed by atoms with van der Waals surface area (Å²) in [4.78, 5) is 11.5. The Bertz CT molecular complexity index is 403. The van der Waals surface area contributed by atoms with Gasteiger partial charge in [0, 0.05) is 6.04 Å². The number of benzene rings is 1. The Morgan fingerprint density at radius 3 is 2.83 bits per heavy atom. The molecule has 0 heterocycles. The number of para-hydroxylation sites is 2. The largest absolute Gasteiger partial charge is 0.487 e. The SMILES string of the molecule is C=CCOc1ccccc1NCC(=O)NC(C)C. The summed E-state index contributed by atoms with van der Waals surface area (Å²) in [6.45, 7) is 8.13. The Balaban J connectivity index is 2.55. The van der Waals surface area contributed by atoms with Crippen LogP contribution in [0, 0.1) is 0 Å². The minimum Gasteiger partial charge on any atom is -0.487 e. The number of anilines is 1. The summed E-state index contributed by atoms with van der Waals surface area (Å²) in [5.74, 6) is 0.679. The first-order valence-electron chi connectivity index (χ1n) is 5.99. The molecule has 0 saturated heterocycles. The number of nitrogens with one attached hydrogen (secondary N) is 2. The Morgan fingerprint density at radius 2 is 2.17 bits per heavy atom. The highest BCUT2D eigenvalue weighted by Gasteiger charge is 2.05. The van der Waals surface area contributed by atoms with Gasteiger partial charge >= 0.3 is 0 Å². The predicted octanol–water partition coefficient (Wildman–Crippen LogP) is 2.19. The first-order chi connectivity index (χ1) is 8.63. The number of carbonyl (C=O) groups is 1. The van der Waals surface area contributed by atoms with Gasteiger partial charge in [-0.2, -0.15) is 0 Å². The van der Waals surface area contributed by atoms with Crippen LogP contribution >= 0.6 is 0 Å². The average molecular weight is 248 g/mol. The molecule has 2 N–H and O–H groups in total. The van der Waals surface area contributed by atoms with Crippen molar-refractivity contribution in [1.29, 1.82) is 0 Å². The Kier molecular flexibility index (Phi) is 5.77. The minimum atomic E-state index is -0.0384. The van der Waals surface area contributed by atoms with E-state index >= 15 is 0 Å². The van der Waals surface area contributed by atoms with E-state index in [-0.39, 0.29) is 18.5 Å².